The van der Waals surface area contributed by atoms with E-state index in [1.807, 2.05) is 0 Å². The molecule has 0 aliphatic carbocycles. The highest BCUT2D eigenvalue weighted by molar-refractivity contribution is 5.91. The van der Waals surface area contributed by atoms with Crippen LogP contribution in [0.2, 0.25) is 0 Å². The zero-order valence-electron chi connectivity index (χ0n) is 13.1. The fourth-order valence-electron chi connectivity index (χ4n) is 2.64. The number of anilines is 1. The monoisotopic (exact) mass is 349 g/mol. The van der Waals surface area contributed by atoms with Gasteiger partial charge in [0.2, 0.25) is 0 Å². The van der Waals surface area contributed by atoms with Crippen molar-refractivity contribution in [3.63, 3.8) is 0 Å². The van der Waals surface area contributed by atoms with Crippen molar-refractivity contribution in [2.24, 2.45) is 0 Å². The van der Waals surface area contributed by atoms with Gasteiger partial charge in [-0.3, -0.25) is 0 Å². The summed E-state index contributed by atoms with van der Waals surface area (Å²) in [6, 6.07) is 8.42. The molecule has 8 heteroatoms. The average molecular weight is 349 g/mol. The van der Waals surface area contributed by atoms with Crippen molar-refractivity contribution in [3.05, 3.63) is 59.8 Å². The standard InChI is InChI=1S/C17H14F3N3O2/c1-25-16(24)15(10-5-7-11(8-6-10)17(18,19)20)23-14-4-2-3-13(21)12(14)9-22-23/h2-9,15H,21H2,1H3. The smallest absolute Gasteiger partial charge is 0.416 e. The van der Waals surface area contributed by atoms with Crippen LogP contribution in [0.3, 0.4) is 0 Å². The van der Waals surface area contributed by atoms with Gasteiger partial charge in [-0.1, -0.05) is 18.2 Å². The third-order valence-corrected chi connectivity index (χ3v) is 3.90. The Morgan fingerprint density at radius 1 is 1.20 bits per heavy atom. The Morgan fingerprint density at radius 3 is 2.48 bits per heavy atom. The predicted molar refractivity (Wildman–Crippen MR) is 85.7 cm³/mol. The largest absolute Gasteiger partial charge is 0.467 e. The second-order valence-electron chi connectivity index (χ2n) is 5.41. The first-order valence-electron chi connectivity index (χ1n) is 7.29. The summed E-state index contributed by atoms with van der Waals surface area (Å²) in [7, 11) is 1.21. The molecule has 0 aliphatic rings. The molecule has 0 aliphatic heterocycles. The molecule has 0 saturated carbocycles. The number of hydrogen-bond donors (Lipinski definition) is 1. The third-order valence-electron chi connectivity index (χ3n) is 3.90. The third kappa shape index (κ3) is 3.02. The van der Waals surface area contributed by atoms with Gasteiger partial charge >= 0.3 is 12.1 Å². The molecule has 0 radical (unpaired) electrons. The summed E-state index contributed by atoms with van der Waals surface area (Å²) in [6.07, 6.45) is -2.95. The van der Waals surface area contributed by atoms with Crippen molar-refractivity contribution in [2.45, 2.75) is 12.2 Å². The van der Waals surface area contributed by atoms with Crippen LogP contribution in [0.25, 0.3) is 10.9 Å². The second-order valence-corrected chi connectivity index (χ2v) is 5.41. The number of rotatable bonds is 3. The molecule has 0 amide bonds. The summed E-state index contributed by atoms with van der Waals surface area (Å²) in [5, 5.41) is 4.83. The van der Waals surface area contributed by atoms with Crippen LogP contribution in [-0.2, 0) is 15.7 Å². The molecule has 2 aromatic carbocycles. The Bertz CT molecular complexity index is 917. The van der Waals surface area contributed by atoms with Crippen LogP contribution in [-0.4, -0.2) is 22.9 Å². The van der Waals surface area contributed by atoms with E-state index in [1.165, 1.54) is 30.1 Å². The van der Waals surface area contributed by atoms with Gasteiger partial charge in [0.1, 0.15) is 0 Å². The molecule has 1 heterocycles. The molecule has 2 N–H and O–H groups in total. The molecule has 25 heavy (non-hydrogen) atoms. The average Bonchev–Trinajstić information content (AvgIpc) is 3.00. The van der Waals surface area contributed by atoms with Gasteiger partial charge in [0.25, 0.3) is 0 Å². The predicted octanol–water partition coefficient (Wildman–Crippen LogP) is 3.40. The lowest BCUT2D eigenvalue weighted by Gasteiger charge is -2.17. The number of carbonyl (C=O) groups excluding carboxylic acids is 1. The van der Waals surface area contributed by atoms with Crippen molar-refractivity contribution in [2.75, 3.05) is 12.8 Å². The lowest BCUT2D eigenvalue weighted by Crippen LogP contribution is -2.23. The maximum Gasteiger partial charge on any atom is 0.416 e. The van der Waals surface area contributed by atoms with Gasteiger partial charge in [-0.25, -0.2) is 9.48 Å². The molecule has 1 atom stereocenters. The number of nitrogens with two attached hydrogens (primary N) is 1. The SMILES string of the molecule is COC(=O)C(c1ccc(C(F)(F)F)cc1)n1ncc2c(N)cccc21. The van der Waals surface area contributed by atoms with Crippen molar-refractivity contribution >= 4 is 22.6 Å². The zero-order valence-corrected chi connectivity index (χ0v) is 13.1. The number of carbonyl (C=O) groups is 1. The molecule has 0 spiro atoms. The fourth-order valence-corrected chi connectivity index (χ4v) is 2.64. The Balaban J connectivity index is 2.12. The maximum absolute atomic E-state index is 12.7. The molecule has 5 nitrogen and oxygen atoms in total. The first-order valence-corrected chi connectivity index (χ1v) is 7.29. The molecule has 0 saturated heterocycles. The quantitative estimate of drug-likeness (QED) is 0.581. The van der Waals surface area contributed by atoms with E-state index in [1.54, 1.807) is 18.2 Å². The van der Waals surface area contributed by atoms with E-state index in [0.29, 0.717) is 22.2 Å². The number of alkyl halides is 3. The normalized spacial score (nSPS) is 13.0. The molecule has 1 aromatic heterocycles. The highest BCUT2D eigenvalue weighted by atomic mass is 19.4. The zero-order chi connectivity index (χ0) is 18.2. The number of methoxy groups -OCH3 is 1. The van der Waals surface area contributed by atoms with Crippen molar-refractivity contribution < 1.29 is 22.7 Å². The number of benzene rings is 2. The number of hydrogen-bond acceptors (Lipinski definition) is 4. The van der Waals surface area contributed by atoms with Gasteiger partial charge in [-0.15, -0.1) is 0 Å². The Hall–Kier alpha value is -3.03. The highest BCUT2D eigenvalue weighted by Crippen LogP contribution is 2.32. The number of aromatic nitrogens is 2. The molecule has 0 fully saturated rings. The van der Waals surface area contributed by atoms with Crippen LogP contribution in [0.1, 0.15) is 17.2 Å². The number of nitrogen functional groups attached to an aromatic ring is 1. The van der Waals surface area contributed by atoms with Crippen molar-refractivity contribution in [3.8, 4) is 0 Å². The molecule has 1 unspecified atom stereocenters. The minimum absolute atomic E-state index is 0.326. The van der Waals surface area contributed by atoms with Crippen LogP contribution < -0.4 is 5.73 Å². The Kier molecular flexibility index (Phi) is 4.12. The van der Waals surface area contributed by atoms with E-state index in [-0.39, 0.29) is 0 Å². The number of nitrogens with zero attached hydrogens (tertiary/aromatic N) is 2. The summed E-state index contributed by atoms with van der Waals surface area (Å²) >= 11 is 0. The number of ether oxygens (including phenoxy) is 1. The highest BCUT2D eigenvalue weighted by Gasteiger charge is 2.32. The van der Waals surface area contributed by atoms with Gasteiger partial charge < -0.3 is 10.5 Å². The van der Waals surface area contributed by atoms with E-state index in [0.717, 1.165) is 12.1 Å². The second kappa shape index (κ2) is 6.12. The van der Waals surface area contributed by atoms with Gasteiger partial charge in [-0.2, -0.15) is 18.3 Å². The van der Waals surface area contributed by atoms with E-state index in [9.17, 15) is 18.0 Å². The topological polar surface area (TPSA) is 70.1 Å². The Labute approximate surface area is 140 Å². The summed E-state index contributed by atoms with van der Waals surface area (Å²) in [5.41, 5.74) is 6.48. The minimum Gasteiger partial charge on any atom is -0.467 e. The van der Waals surface area contributed by atoms with Crippen LogP contribution >= 0.6 is 0 Å². The van der Waals surface area contributed by atoms with Gasteiger partial charge in [0.15, 0.2) is 6.04 Å². The molecule has 3 aromatic rings. The summed E-state index contributed by atoms with van der Waals surface area (Å²) < 4.78 is 44.4. The first kappa shape index (κ1) is 16.8. The van der Waals surface area contributed by atoms with E-state index < -0.39 is 23.8 Å². The lowest BCUT2D eigenvalue weighted by molar-refractivity contribution is -0.143. The summed E-state index contributed by atoms with van der Waals surface area (Å²) in [4.78, 5) is 12.3. The van der Waals surface area contributed by atoms with Gasteiger partial charge in [0, 0.05) is 11.1 Å². The molecule has 0 bridgehead atoms. The van der Waals surface area contributed by atoms with Gasteiger partial charge in [-0.05, 0) is 29.8 Å². The van der Waals surface area contributed by atoms with Crippen LogP contribution in [0.15, 0.2) is 48.7 Å². The van der Waals surface area contributed by atoms with Crippen molar-refractivity contribution in [1.29, 1.82) is 0 Å². The van der Waals surface area contributed by atoms with E-state index in [4.69, 9.17) is 10.5 Å². The van der Waals surface area contributed by atoms with E-state index >= 15 is 0 Å². The molecule has 130 valence electrons. The summed E-state index contributed by atoms with van der Waals surface area (Å²) in [6.45, 7) is 0. The molecular formula is C17H14F3N3O2. The lowest BCUT2D eigenvalue weighted by atomic mass is 10.0. The van der Waals surface area contributed by atoms with Crippen LogP contribution in [0.4, 0.5) is 18.9 Å². The Morgan fingerprint density at radius 2 is 1.88 bits per heavy atom. The van der Waals surface area contributed by atoms with E-state index in [2.05, 4.69) is 5.10 Å². The number of fused-ring (bicyclic) bond motifs is 1. The van der Waals surface area contributed by atoms with Gasteiger partial charge in [0.05, 0.1) is 24.4 Å². The minimum atomic E-state index is -4.45. The fraction of sp³-hybridized carbons (Fsp3) is 0.176. The first-order chi connectivity index (χ1) is 11.8. The maximum atomic E-state index is 12.7. The molecule has 3 rings (SSSR count). The summed E-state index contributed by atoms with van der Waals surface area (Å²) in [5.74, 6) is -0.646. The van der Waals surface area contributed by atoms with Crippen molar-refractivity contribution in [1.82, 2.24) is 9.78 Å². The van der Waals surface area contributed by atoms with Crippen LogP contribution in [0, 0.1) is 0 Å². The molecular weight excluding hydrogens is 335 g/mol. The number of esters is 1. The van der Waals surface area contributed by atoms with Crippen LogP contribution in [0.5, 0.6) is 0 Å². The number of halogens is 3.